The number of benzene rings is 2. The van der Waals surface area contributed by atoms with Gasteiger partial charge in [0, 0.05) is 11.9 Å². The molecular weight excluding hydrogens is 294 g/mol. The zero-order chi connectivity index (χ0) is 15.8. The predicted molar refractivity (Wildman–Crippen MR) is 86.3 cm³/mol. The van der Waals surface area contributed by atoms with Gasteiger partial charge in [0.25, 0.3) is 0 Å². The lowest BCUT2D eigenvalue weighted by atomic mass is 9.88. The second kappa shape index (κ2) is 5.69. The Bertz CT molecular complexity index is 752. The summed E-state index contributed by atoms with van der Waals surface area (Å²) in [6, 6.07) is 11.5. The zero-order valence-electron chi connectivity index (χ0n) is 12.7. The number of nitrogens with one attached hydrogen (secondary N) is 1. The Morgan fingerprint density at radius 1 is 1.00 bits per heavy atom. The van der Waals surface area contributed by atoms with Gasteiger partial charge in [-0.05, 0) is 60.2 Å². The molecule has 23 heavy (non-hydrogen) atoms. The van der Waals surface area contributed by atoms with E-state index in [-0.39, 0.29) is 17.7 Å². The van der Waals surface area contributed by atoms with Crippen molar-refractivity contribution in [1.29, 1.82) is 0 Å². The van der Waals surface area contributed by atoms with Gasteiger partial charge in [-0.3, -0.25) is 0 Å². The molecule has 0 aliphatic carbocycles. The standard InChI is InChI=1S/C19H18F2N2/c20-14-6-4-13(5-7-14)18-10-15(21)8-9-17(18)19-3-1-2-16-11-22-12-23(16)19/h4-11,19,22H,1-3,12H2. The maximum absolute atomic E-state index is 13.8. The lowest BCUT2D eigenvalue weighted by Gasteiger charge is -2.37. The minimum atomic E-state index is -0.279. The lowest BCUT2D eigenvalue weighted by Crippen LogP contribution is -2.32. The molecule has 2 aromatic rings. The van der Waals surface area contributed by atoms with E-state index in [9.17, 15) is 8.78 Å². The average Bonchev–Trinajstić information content (AvgIpc) is 3.04. The van der Waals surface area contributed by atoms with Crippen LogP contribution in [0.1, 0.15) is 30.9 Å². The van der Waals surface area contributed by atoms with Crippen LogP contribution in [0.2, 0.25) is 0 Å². The van der Waals surface area contributed by atoms with Gasteiger partial charge >= 0.3 is 0 Å². The molecule has 0 aromatic heterocycles. The number of halogens is 2. The highest BCUT2D eigenvalue weighted by atomic mass is 19.1. The van der Waals surface area contributed by atoms with Crippen LogP contribution in [0, 0.1) is 11.6 Å². The first-order valence-corrected chi connectivity index (χ1v) is 7.97. The summed E-state index contributed by atoms with van der Waals surface area (Å²) in [7, 11) is 0. The number of piperidine rings is 1. The summed E-state index contributed by atoms with van der Waals surface area (Å²) in [5, 5.41) is 3.28. The van der Waals surface area contributed by atoms with Crippen LogP contribution in [0.5, 0.6) is 0 Å². The monoisotopic (exact) mass is 312 g/mol. The largest absolute Gasteiger partial charge is 0.372 e. The molecule has 1 atom stereocenters. The predicted octanol–water partition coefficient (Wildman–Crippen LogP) is 4.56. The molecule has 4 heteroatoms. The van der Waals surface area contributed by atoms with Gasteiger partial charge in [0.05, 0.1) is 12.7 Å². The summed E-state index contributed by atoms with van der Waals surface area (Å²) in [6.45, 7) is 0.792. The first-order chi connectivity index (χ1) is 11.2. The molecule has 118 valence electrons. The summed E-state index contributed by atoms with van der Waals surface area (Å²) < 4.78 is 27.1. The SMILES string of the molecule is Fc1ccc(-c2cc(F)ccc2C2CCCC3=CNCN32)cc1. The van der Waals surface area contributed by atoms with Gasteiger partial charge in [-0.25, -0.2) is 8.78 Å². The molecule has 0 spiro atoms. The van der Waals surface area contributed by atoms with E-state index in [1.807, 2.05) is 6.07 Å². The van der Waals surface area contributed by atoms with Crippen LogP contribution in [0.15, 0.2) is 54.4 Å². The van der Waals surface area contributed by atoms with Crippen molar-refractivity contribution in [3.63, 3.8) is 0 Å². The summed E-state index contributed by atoms with van der Waals surface area (Å²) in [5.41, 5.74) is 4.12. The Hall–Kier alpha value is -2.36. The minimum Gasteiger partial charge on any atom is -0.372 e. The van der Waals surface area contributed by atoms with Crippen molar-refractivity contribution >= 4 is 0 Å². The molecule has 1 unspecified atom stereocenters. The summed E-state index contributed by atoms with van der Waals surface area (Å²) >= 11 is 0. The van der Waals surface area contributed by atoms with Gasteiger partial charge in [0.2, 0.25) is 0 Å². The van der Waals surface area contributed by atoms with Gasteiger partial charge in [0.15, 0.2) is 0 Å². The second-order valence-electron chi connectivity index (χ2n) is 6.11. The maximum Gasteiger partial charge on any atom is 0.123 e. The van der Waals surface area contributed by atoms with Gasteiger partial charge in [0.1, 0.15) is 11.6 Å². The van der Waals surface area contributed by atoms with E-state index in [1.54, 1.807) is 18.2 Å². The van der Waals surface area contributed by atoms with Crippen LogP contribution in [0.3, 0.4) is 0 Å². The topological polar surface area (TPSA) is 15.3 Å². The fourth-order valence-corrected chi connectivity index (χ4v) is 3.63. The highest BCUT2D eigenvalue weighted by Crippen LogP contribution is 2.41. The molecule has 1 N–H and O–H groups in total. The fourth-order valence-electron chi connectivity index (χ4n) is 3.63. The third kappa shape index (κ3) is 2.58. The quantitative estimate of drug-likeness (QED) is 0.874. The molecule has 2 nitrogen and oxygen atoms in total. The highest BCUT2D eigenvalue weighted by Gasteiger charge is 2.30. The number of hydrogen-bond donors (Lipinski definition) is 1. The van der Waals surface area contributed by atoms with Gasteiger partial charge in [-0.15, -0.1) is 0 Å². The van der Waals surface area contributed by atoms with E-state index in [0.29, 0.717) is 0 Å². The Kier molecular flexibility index (Phi) is 3.52. The van der Waals surface area contributed by atoms with E-state index in [0.717, 1.165) is 42.6 Å². The van der Waals surface area contributed by atoms with Crippen molar-refractivity contribution in [3.8, 4) is 11.1 Å². The number of fused-ring (bicyclic) bond motifs is 1. The molecule has 0 bridgehead atoms. The summed E-state index contributed by atoms with van der Waals surface area (Å²) in [4.78, 5) is 2.35. The van der Waals surface area contributed by atoms with E-state index >= 15 is 0 Å². The van der Waals surface area contributed by atoms with Crippen LogP contribution in [0.25, 0.3) is 11.1 Å². The Morgan fingerprint density at radius 2 is 1.78 bits per heavy atom. The number of hydrogen-bond acceptors (Lipinski definition) is 2. The summed E-state index contributed by atoms with van der Waals surface area (Å²) in [5.74, 6) is -0.544. The Balaban J connectivity index is 1.79. The molecule has 4 rings (SSSR count). The van der Waals surface area contributed by atoms with Crippen molar-refractivity contribution in [2.75, 3.05) is 6.67 Å². The third-order valence-electron chi connectivity index (χ3n) is 4.72. The second-order valence-corrected chi connectivity index (χ2v) is 6.11. The lowest BCUT2D eigenvalue weighted by molar-refractivity contribution is 0.215. The van der Waals surface area contributed by atoms with Gasteiger partial charge in [-0.2, -0.15) is 0 Å². The van der Waals surface area contributed by atoms with E-state index in [1.165, 1.54) is 23.9 Å². The van der Waals surface area contributed by atoms with E-state index in [2.05, 4.69) is 16.4 Å². The van der Waals surface area contributed by atoms with Crippen molar-refractivity contribution in [2.24, 2.45) is 0 Å². The Labute approximate surface area is 134 Å². The number of nitrogens with zero attached hydrogens (tertiary/aromatic N) is 1. The first-order valence-electron chi connectivity index (χ1n) is 7.97. The zero-order valence-corrected chi connectivity index (χ0v) is 12.7. The first kappa shape index (κ1) is 14.2. The average molecular weight is 312 g/mol. The van der Waals surface area contributed by atoms with Crippen molar-refractivity contribution in [3.05, 3.63) is 71.6 Å². The van der Waals surface area contributed by atoms with Gasteiger partial charge < -0.3 is 10.2 Å². The molecule has 2 aromatic carbocycles. The third-order valence-corrected chi connectivity index (χ3v) is 4.72. The van der Waals surface area contributed by atoms with E-state index < -0.39 is 0 Å². The molecule has 2 heterocycles. The molecular formula is C19H18F2N2. The highest BCUT2D eigenvalue weighted by molar-refractivity contribution is 5.68. The van der Waals surface area contributed by atoms with Crippen molar-refractivity contribution < 1.29 is 8.78 Å². The molecule has 0 saturated carbocycles. The Morgan fingerprint density at radius 3 is 2.61 bits per heavy atom. The number of rotatable bonds is 2. The van der Waals surface area contributed by atoms with Crippen LogP contribution in [0.4, 0.5) is 8.78 Å². The maximum atomic E-state index is 13.8. The van der Waals surface area contributed by atoms with Crippen LogP contribution < -0.4 is 5.32 Å². The molecule has 2 aliphatic rings. The van der Waals surface area contributed by atoms with Gasteiger partial charge in [-0.1, -0.05) is 18.2 Å². The molecule has 0 amide bonds. The normalized spacial score (nSPS) is 20.0. The minimum absolute atomic E-state index is 0.227. The molecule has 0 radical (unpaired) electrons. The van der Waals surface area contributed by atoms with Crippen molar-refractivity contribution in [1.82, 2.24) is 10.2 Å². The molecule has 1 saturated heterocycles. The van der Waals surface area contributed by atoms with E-state index in [4.69, 9.17) is 0 Å². The fraction of sp³-hybridized carbons (Fsp3) is 0.263. The smallest absolute Gasteiger partial charge is 0.123 e. The summed E-state index contributed by atoms with van der Waals surface area (Å²) in [6.07, 6.45) is 5.32. The van der Waals surface area contributed by atoms with Crippen molar-refractivity contribution in [2.45, 2.75) is 25.3 Å². The van der Waals surface area contributed by atoms with Crippen LogP contribution in [-0.4, -0.2) is 11.6 Å². The van der Waals surface area contributed by atoms with Crippen LogP contribution in [-0.2, 0) is 0 Å². The molecule has 2 aliphatic heterocycles. The molecule has 1 fully saturated rings. The van der Waals surface area contributed by atoms with Crippen LogP contribution >= 0.6 is 0 Å². The number of allylic oxidation sites excluding steroid dienone is 1.